The fraction of sp³-hybridized carbons (Fsp3) is 0.147. The Morgan fingerprint density at radius 2 is 1.60 bits per heavy atom. The first-order chi connectivity index (χ1) is 20.2. The highest BCUT2D eigenvalue weighted by atomic mass is 35.5. The van der Waals surface area contributed by atoms with Crippen molar-refractivity contribution >= 4 is 58.5 Å². The summed E-state index contributed by atoms with van der Waals surface area (Å²) in [6.07, 6.45) is 2.41. The lowest BCUT2D eigenvalue weighted by molar-refractivity contribution is -0.115. The van der Waals surface area contributed by atoms with Gasteiger partial charge in [0, 0.05) is 26.9 Å². The Bertz CT molecular complexity index is 1600. The van der Waals surface area contributed by atoms with Crippen LogP contribution >= 0.6 is 23.4 Å². The van der Waals surface area contributed by atoms with E-state index in [1.807, 2.05) is 50.2 Å². The Morgan fingerprint density at radius 3 is 2.31 bits per heavy atom. The summed E-state index contributed by atoms with van der Waals surface area (Å²) in [4.78, 5) is 40.1. The fourth-order valence-corrected chi connectivity index (χ4v) is 5.25. The Morgan fingerprint density at radius 1 is 0.881 bits per heavy atom. The number of para-hydroxylation sites is 1. The molecular weight excluding hydrogens is 566 g/mol. The molecule has 4 rings (SSSR count). The van der Waals surface area contributed by atoms with Gasteiger partial charge in [-0.25, -0.2) is 0 Å². The molecule has 0 bridgehead atoms. The van der Waals surface area contributed by atoms with Crippen LogP contribution in [-0.4, -0.2) is 23.0 Å². The van der Waals surface area contributed by atoms with E-state index in [-0.39, 0.29) is 16.9 Å². The van der Waals surface area contributed by atoms with Crippen LogP contribution in [0.5, 0.6) is 0 Å². The monoisotopic (exact) mass is 597 g/mol. The van der Waals surface area contributed by atoms with Gasteiger partial charge >= 0.3 is 0 Å². The summed E-state index contributed by atoms with van der Waals surface area (Å²) in [6.45, 7) is 5.89. The van der Waals surface area contributed by atoms with E-state index in [9.17, 15) is 14.4 Å². The Hall–Kier alpha value is -4.33. The van der Waals surface area contributed by atoms with E-state index >= 15 is 0 Å². The van der Waals surface area contributed by atoms with Gasteiger partial charge in [-0.05, 0) is 85.5 Å². The van der Waals surface area contributed by atoms with Gasteiger partial charge in [0.1, 0.15) is 5.70 Å². The number of nitrogens with one attached hydrogen (secondary N) is 3. The number of halogens is 1. The van der Waals surface area contributed by atoms with E-state index in [1.165, 1.54) is 11.8 Å². The van der Waals surface area contributed by atoms with Crippen LogP contribution in [0.2, 0.25) is 5.02 Å². The molecule has 214 valence electrons. The summed E-state index contributed by atoms with van der Waals surface area (Å²) in [7, 11) is 0. The Kier molecular flexibility index (Phi) is 10.6. The van der Waals surface area contributed by atoms with Gasteiger partial charge in [-0.1, -0.05) is 73.1 Å². The molecule has 0 fully saturated rings. The molecule has 0 aliphatic heterocycles. The summed E-state index contributed by atoms with van der Waals surface area (Å²) in [5, 5.41) is 8.87. The number of thioether (sulfide) groups is 1. The maximum Gasteiger partial charge on any atom is 0.272 e. The second kappa shape index (κ2) is 14.5. The molecule has 0 aliphatic carbocycles. The van der Waals surface area contributed by atoms with Crippen molar-refractivity contribution in [2.24, 2.45) is 0 Å². The van der Waals surface area contributed by atoms with Crippen LogP contribution in [0.3, 0.4) is 0 Å². The van der Waals surface area contributed by atoms with E-state index in [0.717, 1.165) is 28.1 Å². The molecule has 6 nitrogen and oxygen atoms in total. The second-order valence-corrected chi connectivity index (χ2v) is 11.5. The highest BCUT2D eigenvalue weighted by molar-refractivity contribution is 8.00. The van der Waals surface area contributed by atoms with Crippen molar-refractivity contribution in [3.8, 4) is 0 Å². The standard InChI is InChI=1S/C34H32ClN3O3S/c1-4-25-13-8-10-22(2)31(25)38-32(39)23(3)42-29-15-9-14-28(21-29)36-34(41)30(20-24-16-18-27(35)19-17-24)37-33(40)26-11-6-5-7-12-26/h5-21,23H,4H2,1-3H3,(H,36,41)(H,37,40)(H,38,39)/b30-20+. The molecule has 0 radical (unpaired) electrons. The first kappa shape index (κ1) is 30.6. The van der Waals surface area contributed by atoms with Crippen molar-refractivity contribution in [1.82, 2.24) is 5.32 Å². The largest absolute Gasteiger partial charge is 0.325 e. The minimum atomic E-state index is -0.492. The van der Waals surface area contributed by atoms with Crippen molar-refractivity contribution in [3.05, 3.63) is 130 Å². The Balaban J connectivity index is 1.48. The third kappa shape index (κ3) is 8.35. The third-order valence-electron chi connectivity index (χ3n) is 6.47. The zero-order chi connectivity index (χ0) is 30.1. The van der Waals surface area contributed by atoms with Crippen LogP contribution in [0.4, 0.5) is 11.4 Å². The summed E-state index contributed by atoms with van der Waals surface area (Å²) in [5.74, 6) is -1.00. The SMILES string of the molecule is CCc1cccc(C)c1NC(=O)C(C)Sc1cccc(NC(=O)/C(=C\c2ccc(Cl)cc2)NC(=O)c2ccccc2)c1. The van der Waals surface area contributed by atoms with Gasteiger partial charge < -0.3 is 16.0 Å². The zero-order valence-corrected chi connectivity index (χ0v) is 25.2. The normalized spacial score (nSPS) is 11.9. The van der Waals surface area contributed by atoms with Crippen molar-refractivity contribution in [3.63, 3.8) is 0 Å². The number of aryl methyl sites for hydroxylation is 2. The van der Waals surface area contributed by atoms with Crippen molar-refractivity contribution in [2.45, 2.75) is 37.3 Å². The van der Waals surface area contributed by atoms with Crippen molar-refractivity contribution < 1.29 is 14.4 Å². The molecule has 0 aliphatic rings. The number of anilines is 2. The summed E-state index contributed by atoms with van der Waals surface area (Å²) < 4.78 is 0. The van der Waals surface area contributed by atoms with Crippen LogP contribution in [0.15, 0.2) is 108 Å². The maximum atomic E-state index is 13.4. The number of carbonyl (C=O) groups is 3. The van der Waals surface area contributed by atoms with Gasteiger partial charge in [-0.15, -0.1) is 11.8 Å². The van der Waals surface area contributed by atoms with Crippen LogP contribution in [0, 0.1) is 6.92 Å². The fourth-order valence-electron chi connectivity index (χ4n) is 4.20. The smallest absolute Gasteiger partial charge is 0.272 e. The molecule has 3 N–H and O–H groups in total. The second-order valence-electron chi connectivity index (χ2n) is 9.62. The first-order valence-electron chi connectivity index (χ1n) is 13.5. The highest BCUT2D eigenvalue weighted by Crippen LogP contribution is 2.28. The molecule has 3 amide bonds. The third-order valence-corrected chi connectivity index (χ3v) is 7.82. The number of carbonyl (C=O) groups excluding carboxylic acids is 3. The number of hydrogen-bond acceptors (Lipinski definition) is 4. The van der Waals surface area contributed by atoms with E-state index in [4.69, 9.17) is 11.6 Å². The average Bonchev–Trinajstić information content (AvgIpc) is 2.99. The molecule has 1 atom stereocenters. The van der Waals surface area contributed by atoms with Crippen molar-refractivity contribution in [1.29, 1.82) is 0 Å². The summed E-state index contributed by atoms with van der Waals surface area (Å²) in [5.41, 5.74) is 4.69. The van der Waals surface area contributed by atoms with Gasteiger partial charge in [0.15, 0.2) is 0 Å². The topological polar surface area (TPSA) is 87.3 Å². The minimum absolute atomic E-state index is 0.0712. The van der Waals surface area contributed by atoms with E-state index < -0.39 is 11.8 Å². The van der Waals surface area contributed by atoms with Gasteiger partial charge in [0.05, 0.1) is 5.25 Å². The van der Waals surface area contributed by atoms with Crippen molar-refractivity contribution in [2.75, 3.05) is 10.6 Å². The lowest BCUT2D eigenvalue weighted by Crippen LogP contribution is -2.30. The van der Waals surface area contributed by atoms with Crippen LogP contribution < -0.4 is 16.0 Å². The zero-order valence-electron chi connectivity index (χ0n) is 23.6. The first-order valence-corrected chi connectivity index (χ1v) is 14.8. The number of rotatable bonds is 10. The quantitative estimate of drug-likeness (QED) is 0.129. The van der Waals surface area contributed by atoms with Gasteiger partial charge in [0.25, 0.3) is 11.8 Å². The average molecular weight is 598 g/mol. The molecule has 1 unspecified atom stereocenters. The predicted molar refractivity (Wildman–Crippen MR) is 173 cm³/mol. The molecule has 4 aromatic rings. The van der Waals surface area contributed by atoms with E-state index in [0.29, 0.717) is 21.8 Å². The van der Waals surface area contributed by atoms with Crippen LogP contribution in [-0.2, 0) is 16.0 Å². The summed E-state index contributed by atoms with van der Waals surface area (Å²) >= 11 is 7.41. The molecular formula is C34H32ClN3O3S. The van der Waals surface area contributed by atoms with Gasteiger partial charge in [-0.2, -0.15) is 0 Å². The number of benzene rings is 4. The van der Waals surface area contributed by atoms with Gasteiger partial charge in [0.2, 0.25) is 5.91 Å². The summed E-state index contributed by atoms with van der Waals surface area (Å²) in [6, 6.07) is 28.9. The molecule has 0 saturated heterocycles. The molecule has 8 heteroatoms. The van der Waals surface area contributed by atoms with Crippen LogP contribution in [0.25, 0.3) is 6.08 Å². The molecule has 0 heterocycles. The predicted octanol–water partition coefficient (Wildman–Crippen LogP) is 7.74. The minimum Gasteiger partial charge on any atom is -0.325 e. The van der Waals surface area contributed by atoms with Gasteiger partial charge in [-0.3, -0.25) is 14.4 Å². The highest BCUT2D eigenvalue weighted by Gasteiger charge is 2.18. The molecule has 4 aromatic carbocycles. The van der Waals surface area contributed by atoms with Crippen LogP contribution in [0.1, 0.15) is 40.9 Å². The Labute approximate surface area is 255 Å². The number of hydrogen-bond donors (Lipinski definition) is 3. The lowest BCUT2D eigenvalue weighted by Gasteiger charge is -2.17. The molecule has 0 spiro atoms. The van der Waals surface area contributed by atoms with E-state index in [2.05, 4.69) is 22.9 Å². The molecule has 0 saturated carbocycles. The number of amides is 3. The van der Waals surface area contributed by atoms with E-state index in [1.54, 1.807) is 66.7 Å². The molecule has 42 heavy (non-hydrogen) atoms. The molecule has 0 aromatic heterocycles. The maximum absolute atomic E-state index is 13.4. The lowest BCUT2D eigenvalue weighted by atomic mass is 10.1.